The van der Waals surface area contributed by atoms with Crippen molar-refractivity contribution in [2.45, 2.75) is 88.1 Å². The fourth-order valence-electron chi connectivity index (χ4n) is 3.08. The van der Waals surface area contributed by atoms with Crippen molar-refractivity contribution < 1.29 is 33.2 Å². The summed E-state index contributed by atoms with van der Waals surface area (Å²) in [4.78, 5) is 12.4. The van der Waals surface area contributed by atoms with Crippen molar-refractivity contribution in [3.8, 4) is 0 Å². The van der Waals surface area contributed by atoms with E-state index < -0.39 is 46.5 Å². The highest BCUT2D eigenvalue weighted by molar-refractivity contribution is 9.10. The number of esters is 1. The Labute approximate surface area is 150 Å². The number of carbonyl (C=O) groups is 1. The van der Waals surface area contributed by atoms with Gasteiger partial charge in [-0.2, -0.15) is 0 Å². The van der Waals surface area contributed by atoms with E-state index in [0.29, 0.717) is 6.61 Å². The Morgan fingerprint density at radius 2 is 1.75 bits per heavy atom. The van der Waals surface area contributed by atoms with Crippen molar-refractivity contribution >= 4 is 21.9 Å². The van der Waals surface area contributed by atoms with Crippen LogP contribution in [0.3, 0.4) is 0 Å². The molecule has 0 N–H and O–H groups in total. The van der Waals surface area contributed by atoms with Gasteiger partial charge in [-0.05, 0) is 41.5 Å². The zero-order valence-corrected chi connectivity index (χ0v) is 16.4. The topological polar surface area (TPSA) is 72.5 Å². The molecule has 0 aromatic rings. The number of halogens is 1. The van der Waals surface area contributed by atoms with Crippen molar-refractivity contribution in [2.24, 2.45) is 0 Å². The van der Waals surface area contributed by atoms with E-state index in [1.807, 2.05) is 13.8 Å². The van der Waals surface area contributed by atoms with Gasteiger partial charge in [-0.3, -0.25) is 4.79 Å². The average Bonchev–Trinajstić information content (AvgIpc) is 3.00. The normalized spacial score (nSPS) is 40.5. The van der Waals surface area contributed by atoms with E-state index in [1.165, 1.54) is 0 Å². The first-order valence-corrected chi connectivity index (χ1v) is 8.90. The van der Waals surface area contributed by atoms with E-state index >= 15 is 0 Å². The van der Waals surface area contributed by atoms with Crippen molar-refractivity contribution in [1.29, 1.82) is 0 Å². The third kappa shape index (κ3) is 3.64. The number of hydrogen-bond donors (Lipinski definition) is 0. The van der Waals surface area contributed by atoms with Gasteiger partial charge < -0.3 is 28.4 Å². The predicted octanol–water partition coefficient (Wildman–Crippen LogP) is 2.10. The Balaban J connectivity index is 1.79. The van der Waals surface area contributed by atoms with E-state index in [0.717, 1.165) is 0 Å². The zero-order chi connectivity index (χ0) is 17.9. The molecule has 5 atom stereocenters. The van der Waals surface area contributed by atoms with E-state index in [-0.39, 0.29) is 6.10 Å². The van der Waals surface area contributed by atoms with E-state index in [9.17, 15) is 4.79 Å². The van der Waals surface area contributed by atoms with Gasteiger partial charge in [-0.25, -0.2) is 0 Å². The smallest absolute Gasteiger partial charge is 0.322 e. The van der Waals surface area contributed by atoms with Crippen molar-refractivity contribution in [1.82, 2.24) is 0 Å². The average molecular weight is 409 g/mol. The SMILES string of the molecule is CC1(C)O[C@@H]2O[C@@H]([C@@H]3COC(C)(C)O3)[C@@H](OC(=O)C(C)(C)Br)[C@@H]2O1. The van der Waals surface area contributed by atoms with Gasteiger partial charge in [0.2, 0.25) is 0 Å². The van der Waals surface area contributed by atoms with Gasteiger partial charge in [0, 0.05) is 0 Å². The fourth-order valence-corrected chi connectivity index (χ4v) is 3.17. The molecule has 0 unspecified atom stereocenters. The van der Waals surface area contributed by atoms with Crippen molar-refractivity contribution in [2.75, 3.05) is 6.61 Å². The van der Waals surface area contributed by atoms with Gasteiger partial charge in [0.15, 0.2) is 30.1 Å². The summed E-state index contributed by atoms with van der Waals surface area (Å²) in [7, 11) is 0. The Morgan fingerprint density at radius 1 is 1.08 bits per heavy atom. The maximum absolute atomic E-state index is 12.4. The Bertz CT molecular complexity index is 513. The van der Waals surface area contributed by atoms with Crippen LogP contribution in [-0.2, 0) is 33.2 Å². The van der Waals surface area contributed by atoms with Crippen LogP contribution in [0.1, 0.15) is 41.5 Å². The summed E-state index contributed by atoms with van der Waals surface area (Å²) in [6.45, 7) is 11.1. The van der Waals surface area contributed by atoms with Gasteiger partial charge in [0.25, 0.3) is 0 Å². The minimum atomic E-state index is -0.809. The Kier molecular flexibility index (Phi) is 4.55. The highest BCUT2D eigenvalue weighted by Crippen LogP contribution is 2.42. The minimum Gasteiger partial charge on any atom is -0.455 e. The first kappa shape index (κ1) is 18.5. The highest BCUT2D eigenvalue weighted by atomic mass is 79.9. The van der Waals surface area contributed by atoms with Crippen LogP contribution in [0.2, 0.25) is 0 Å². The molecule has 138 valence electrons. The molecule has 8 heteroatoms. The second kappa shape index (κ2) is 5.89. The molecule has 3 heterocycles. The lowest BCUT2D eigenvalue weighted by atomic mass is 10.1. The van der Waals surface area contributed by atoms with Crippen LogP contribution in [0.25, 0.3) is 0 Å². The van der Waals surface area contributed by atoms with Crippen LogP contribution in [0.15, 0.2) is 0 Å². The molecule has 24 heavy (non-hydrogen) atoms. The van der Waals surface area contributed by atoms with Crippen molar-refractivity contribution in [3.05, 3.63) is 0 Å². The first-order chi connectivity index (χ1) is 10.9. The molecule has 3 saturated heterocycles. The number of hydrogen-bond acceptors (Lipinski definition) is 7. The lowest BCUT2D eigenvalue weighted by molar-refractivity contribution is -0.235. The molecule has 0 aliphatic carbocycles. The van der Waals surface area contributed by atoms with Gasteiger partial charge in [0.1, 0.15) is 16.5 Å². The molecule has 3 aliphatic rings. The van der Waals surface area contributed by atoms with Crippen LogP contribution in [0.5, 0.6) is 0 Å². The van der Waals surface area contributed by atoms with Crippen LogP contribution in [0.4, 0.5) is 0 Å². The summed E-state index contributed by atoms with van der Waals surface area (Å²) in [6.07, 6.45) is -2.62. The second-order valence-corrected chi connectivity index (χ2v) is 9.76. The van der Waals surface area contributed by atoms with Gasteiger partial charge in [-0.15, -0.1) is 0 Å². The number of alkyl halides is 1. The van der Waals surface area contributed by atoms with Crippen LogP contribution in [0, 0.1) is 0 Å². The van der Waals surface area contributed by atoms with E-state index in [4.69, 9.17) is 28.4 Å². The molecule has 0 bridgehead atoms. The van der Waals surface area contributed by atoms with Gasteiger partial charge in [0.05, 0.1) is 6.61 Å². The lowest BCUT2D eigenvalue weighted by Crippen LogP contribution is -2.47. The lowest BCUT2D eigenvalue weighted by Gasteiger charge is -2.30. The van der Waals surface area contributed by atoms with Gasteiger partial charge >= 0.3 is 5.97 Å². The minimum absolute atomic E-state index is 0.353. The molecule has 3 fully saturated rings. The summed E-state index contributed by atoms with van der Waals surface area (Å²) in [5.41, 5.74) is 0. The fraction of sp³-hybridized carbons (Fsp3) is 0.938. The quantitative estimate of drug-likeness (QED) is 0.522. The number of rotatable bonds is 3. The molecule has 7 nitrogen and oxygen atoms in total. The van der Waals surface area contributed by atoms with Crippen LogP contribution < -0.4 is 0 Å². The number of fused-ring (bicyclic) bond motifs is 1. The summed E-state index contributed by atoms with van der Waals surface area (Å²) < 4.78 is 34.1. The van der Waals surface area contributed by atoms with Crippen LogP contribution in [-0.4, -0.2) is 59.2 Å². The number of ether oxygens (including phenoxy) is 6. The first-order valence-electron chi connectivity index (χ1n) is 8.11. The van der Waals surface area contributed by atoms with Crippen molar-refractivity contribution in [3.63, 3.8) is 0 Å². The second-order valence-electron chi connectivity index (χ2n) is 7.78. The molecule has 0 spiro atoms. The molecule has 3 rings (SSSR count). The standard InChI is InChI=1S/C16H25BrO7/c1-14(2,17)13(18)21-10-9(8-7-19-15(3,4)22-8)20-12-11(10)23-16(5,6)24-12/h8-12H,7H2,1-6H3/t8-,9-,10+,11-,12-/m0/s1. The van der Waals surface area contributed by atoms with Gasteiger partial charge in [-0.1, -0.05) is 15.9 Å². The molecular formula is C16H25BrO7. The summed E-state index contributed by atoms with van der Waals surface area (Å²) >= 11 is 3.32. The largest absolute Gasteiger partial charge is 0.455 e. The Hall–Kier alpha value is -0.250. The summed E-state index contributed by atoms with van der Waals surface area (Å²) in [5, 5.41) is 0. The summed E-state index contributed by atoms with van der Waals surface area (Å²) in [6, 6.07) is 0. The van der Waals surface area contributed by atoms with E-state index in [1.54, 1.807) is 27.7 Å². The number of carbonyl (C=O) groups excluding carboxylic acids is 1. The molecule has 3 aliphatic heterocycles. The van der Waals surface area contributed by atoms with Crippen LogP contribution >= 0.6 is 15.9 Å². The zero-order valence-electron chi connectivity index (χ0n) is 14.8. The summed E-state index contributed by atoms with van der Waals surface area (Å²) in [5.74, 6) is -1.88. The Morgan fingerprint density at radius 3 is 2.29 bits per heavy atom. The molecule has 0 aromatic carbocycles. The molecule has 0 aromatic heterocycles. The predicted molar refractivity (Wildman–Crippen MR) is 86.5 cm³/mol. The molecule has 0 saturated carbocycles. The van der Waals surface area contributed by atoms with E-state index in [2.05, 4.69) is 15.9 Å². The monoisotopic (exact) mass is 408 g/mol. The molecule has 0 radical (unpaired) electrons. The third-order valence-electron chi connectivity index (χ3n) is 4.15. The molecule has 0 amide bonds. The maximum atomic E-state index is 12.4. The molecular weight excluding hydrogens is 384 g/mol. The maximum Gasteiger partial charge on any atom is 0.322 e. The third-order valence-corrected chi connectivity index (χ3v) is 4.48. The highest BCUT2D eigenvalue weighted by Gasteiger charge is 2.60.